The van der Waals surface area contributed by atoms with Gasteiger partial charge in [-0.3, -0.25) is 9.78 Å². The smallest absolute Gasteiger partial charge is 0.205 e. The normalized spacial score (nSPS) is 11.2. The summed E-state index contributed by atoms with van der Waals surface area (Å²) in [5, 5.41) is 0. The van der Waals surface area contributed by atoms with Gasteiger partial charge in [-0.25, -0.2) is 0 Å². The number of carbonyl (C=O) groups is 1. The molecule has 0 aliphatic carbocycles. The Morgan fingerprint density at radius 3 is 2.83 bits per heavy atom. The summed E-state index contributed by atoms with van der Waals surface area (Å²) in [6.07, 6.45) is 2.94. The second-order valence-electron chi connectivity index (χ2n) is 2.47. The van der Waals surface area contributed by atoms with Crippen LogP contribution in [-0.2, 0) is 0 Å². The number of aromatic nitrogens is 1. The van der Waals surface area contributed by atoms with Gasteiger partial charge in [-0.1, -0.05) is 6.07 Å². The number of pyridine rings is 1. The van der Waals surface area contributed by atoms with Crippen LogP contribution in [0.5, 0.6) is 0 Å². The van der Waals surface area contributed by atoms with Gasteiger partial charge in [-0.2, -0.15) is 0 Å². The summed E-state index contributed by atoms with van der Waals surface area (Å²) >= 11 is 0. The quantitative estimate of drug-likeness (QED) is 0.523. The molecule has 0 radical (unpaired) electrons. The Morgan fingerprint density at radius 1 is 1.58 bits per heavy atom. The molecule has 0 saturated carbocycles. The molecular formula is C9H10N2O. The summed E-state index contributed by atoms with van der Waals surface area (Å²) < 4.78 is 0. The molecule has 1 rings (SSSR count). The third-order valence-electron chi connectivity index (χ3n) is 1.28. The standard InChI is InChI=1S/C9H10N2O/c1-7(10)6-9(12)8-4-2-3-5-11-8/h2-6H,10H2,1H3/b7-6+. The van der Waals surface area contributed by atoms with E-state index in [0.29, 0.717) is 11.4 Å². The van der Waals surface area contributed by atoms with Crippen LogP contribution in [-0.4, -0.2) is 10.8 Å². The van der Waals surface area contributed by atoms with Gasteiger partial charge >= 0.3 is 0 Å². The highest BCUT2D eigenvalue weighted by Gasteiger charge is 2.01. The first kappa shape index (κ1) is 8.46. The van der Waals surface area contributed by atoms with E-state index in [0.717, 1.165) is 0 Å². The van der Waals surface area contributed by atoms with E-state index in [4.69, 9.17) is 5.73 Å². The molecule has 62 valence electrons. The minimum absolute atomic E-state index is 0.157. The highest BCUT2D eigenvalue weighted by atomic mass is 16.1. The number of allylic oxidation sites excluding steroid dienone is 2. The summed E-state index contributed by atoms with van der Waals surface area (Å²) in [4.78, 5) is 15.1. The number of hydrogen-bond donors (Lipinski definition) is 1. The van der Waals surface area contributed by atoms with Gasteiger partial charge in [0.1, 0.15) is 5.69 Å². The van der Waals surface area contributed by atoms with Crippen molar-refractivity contribution in [2.45, 2.75) is 6.92 Å². The SMILES string of the molecule is C/C(N)=C\C(=O)c1ccccn1. The highest BCUT2D eigenvalue weighted by molar-refractivity contribution is 6.03. The summed E-state index contributed by atoms with van der Waals surface area (Å²) in [5.41, 5.74) is 6.25. The van der Waals surface area contributed by atoms with E-state index >= 15 is 0 Å². The molecule has 0 amide bonds. The minimum Gasteiger partial charge on any atom is -0.402 e. The molecule has 2 N–H and O–H groups in total. The monoisotopic (exact) mass is 162 g/mol. The largest absolute Gasteiger partial charge is 0.402 e. The Balaban J connectivity index is 2.87. The molecule has 1 heterocycles. The molecule has 1 aromatic heterocycles. The number of nitrogens with two attached hydrogens (primary N) is 1. The van der Waals surface area contributed by atoms with Gasteiger partial charge in [0.05, 0.1) is 0 Å². The molecule has 0 aromatic carbocycles. The van der Waals surface area contributed by atoms with Gasteiger partial charge in [0.15, 0.2) is 0 Å². The van der Waals surface area contributed by atoms with Crippen molar-refractivity contribution in [3.63, 3.8) is 0 Å². The zero-order chi connectivity index (χ0) is 8.97. The summed E-state index contributed by atoms with van der Waals surface area (Å²) in [5.74, 6) is -0.157. The van der Waals surface area contributed by atoms with Crippen LogP contribution in [0.25, 0.3) is 0 Å². The summed E-state index contributed by atoms with van der Waals surface area (Å²) in [6.45, 7) is 1.67. The van der Waals surface area contributed by atoms with Crippen molar-refractivity contribution in [2.75, 3.05) is 0 Å². The predicted octanol–water partition coefficient (Wildman–Crippen LogP) is 1.13. The van der Waals surface area contributed by atoms with E-state index in [1.807, 2.05) is 0 Å². The Hall–Kier alpha value is -1.64. The first-order chi connectivity index (χ1) is 5.70. The van der Waals surface area contributed by atoms with Crippen LogP contribution in [0.1, 0.15) is 17.4 Å². The lowest BCUT2D eigenvalue weighted by Gasteiger charge is -1.93. The molecule has 3 nitrogen and oxygen atoms in total. The second kappa shape index (κ2) is 3.67. The molecule has 0 atom stereocenters. The van der Waals surface area contributed by atoms with Crippen molar-refractivity contribution in [1.29, 1.82) is 0 Å². The third-order valence-corrected chi connectivity index (χ3v) is 1.28. The molecule has 0 spiro atoms. The van der Waals surface area contributed by atoms with E-state index in [-0.39, 0.29) is 5.78 Å². The van der Waals surface area contributed by atoms with Gasteiger partial charge in [-0.05, 0) is 19.1 Å². The van der Waals surface area contributed by atoms with Gasteiger partial charge < -0.3 is 5.73 Å². The molecule has 12 heavy (non-hydrogen) atoms. The lowest BCUT2D eigenvalue weighted by Crippen LogP contribution is -2.01. The first-order valence-electron chi connectivity index (χ1n) is 3.59. The topological polar surface area (TPSA) is 56.0 Å². The average Bonchev–Trinajstić information content (AvgIpc) is 2.05. The molecule has 0 bridgehead atoms. The van der Waals surface area contributed by atoms with Crippen molar-refractivity contribution in [3.05, 3.63) is 41.9 Å². The average molecular weight is 162 g/mol. The zero-order valence-electron chi connectivity index (χ0n) is 6.82. The fraction of sp³-hybridized carbons (Fsp3) is 0.111. The lowest BCUT2D eigenvalue weighted by molar-refractivity contribution is 0.104. The zero-order valence-corrected chi connectivity index (χ0v) is 6.82. The van der Waals surface area contributed by atoms with E-state index in [1.165, 1.54) is 6.08 Å². The van der Waals surface area contributed by atoms with Gasteiger partial charge in [-0.15, -0.1) is 0 Å². The fourth-order valence-electron chi connectivity index (χ4n) is 0.789. The molecule has 0 aliphatic rings. The maximum Gasteiger partial charge on any atom is 0.205 e. The Bertz CT molecular complexity index is 300. The van der Waals surface area contributed by atoms with Crippen LogP contribution in [0.15, 0.2) is 36.2 Å². The number of carbonyl (C=O) groups excluding carboxylic acids is 1. The van der Waals surface area contributed by atoms with E-state index in [1.54, 1.807) is 31.3 Å². The molecule has 3 heteroatoms. The molecule has 0 aliphatic heterocycles. The van der Waals surface area contributed by atoms with Crippen LogP contribution in [0, 0.1) is 0 Å². The fourth-order valence-corrected chi connectivity index (χ4v) is 0.789. The molecule has 0 saturated heterocycles. The van der Waals surface area contributed by atoms with Crippen molar-refractivity contribution >= 4 is 5.78 Å². The highest BCUT2D eigenvalue weighted by Crippen LogP contribution is 1.97. The lowest BCUT2D eigenvalue weighted by atomic mass is 10.2. The number of hydrogen-bond acceptors (Lipinski definition) is 3. The number of ketones is 1. The maximum absolute atomic E-state index is 11.2. The Morgan fingerprint density at radius 2 is 2.33 bits per heavy atom. The van der Waals surface area contributed by atoms with Crippen LogP contribution >= 0.6 is 0 Å². The third kappa shape index (κ3) is 2.20. The molecule has 0 fully saturated rings. The van der Waals surface area contributed by atoms with Crippen LogP contribution in [0.4, 0.5) is 0 Å². The Labute approximate surface area is 70.9 Å². The summed E-state index contributed by atoms with van der Waals surface area (Å²) in [6, 6.07) is 5.18. The molecule has 1 aromatic rings. The minimum atomic E-state index is -0.157. The molecule has 0 unspecified atom stereocenters. The second-order valence-corrected chi connectivity index (χ2v) is 2.47. The van der Waals surface area contributed by atoms with Gasteiger partial charge in [0.2, 0.25) is 5.78 Å². The van der Waals surface area contributed by atoms with Crippen molar-refractivity contribution in [3.8, 4) is 0 Å². The van der Waals surface area contributed by atoms with E-state index in [2.05, 4.69) is 4.98 Å². The Kier molecular flexibility index (Phi) is 2.58. The maximum atomic E-state index is 11.2. The predicted molar refractivity (Wildman–Crippen MR) is 46.5 cm³/mol. The van der Waals surface area contributed by atoms with E-state index in [9.17, 15) is 4.79 Å². The summed E-state index contributed by atoms with van der Waals surface area (Å²) in [7, 11) is 0. The first-order valence-corrected chi connectivity index (χ1v) is 3.59. The van der Waals surface area contributed by atoms with Crippen LogP contribution < -0.4 is 5.73 Å². The van der Waals surface area contributed by atoms with Crippen molar-refractivity contribution < 1.29 is 4.79 Å². The molecular weight excluding hydrogens is 152 g/mol. The van der Waals surface area contributed by atoms with Gasteiger partial charge in [0.25, 0.3) is 0 Å². The number of rotatable bonds is 2. The van der Waals surface area contributed by atoms with Gasteiger partial charge in [0, 0.05) is 18.0 Å². The number of nitrogens with zero attached hydrogens (tertiary/aromatic N) is 1. The van der Waals surface area contributed by atoms with Crippen LogP contribution in [0.3, 0.4) is 0 Å². The van der Waals surface area contributed by atoms with Crippen LogP contribution in [0.2, 0.25) is 0 Å². The van der Waals surface area contributed by atoms with Crippen molar-refractivity contribution in [2.24, 2.45) is 5.73 Å². The van der Waals surface area contributed by atoms with Crippen molar-refractivity contribution in [1.82, 2.24) is 4.98 Å². The van der Waals surface area contributed by atoms with E-state index < -0.39 is 0 Å².